The number of benzene rings is 1. The molecule has 0 radical (unpaired) electrons. The van der Waals surface area contributed by atoms with Gasteiger partial charge in [0.2, 0.25) is 6.54 Å². The molecule has 0 aliphatic rings. The van der Waals surface area contributed by atoms with Gasteiger partial charge in [0.05, 0.1) is 5.92 Å². The monoisotopic (exact) mass is 269 g/mol. The Bertz CT molecular complexity index is 365. The van der Waals surface area contributed by atoms with Crippen LogP contribution in [-0.4, -0.2) is 11.5 Å². The van der Waals surface area contributed by atoms with Crippen LogP contribution in [0.15, 0.2) is 41.4 Å². The maximum absolute atomic E-state index is 10.5. The summed E-state index contributed by atoms with van der Waals surface area (Å²) in [6.45, 7) is 3.56. The maximum atomic E-state index is 10.5. The standard InChI is InChI=1S/C11H12BrNO2/c1-2-5-9(8-13(14)15)10-6-3-4-7-11(10)12/h2-4,6-7,9H,1,5,8H2. The van der Waals surface area contributed by atoms with Gasteiger partial charge in [-0.25, -0.2) is 0 Å². The Hall–Kier alpha value is -1.16. The third-order valence-electron chi connectivity index (χ3n) is 2.17. The molecule has 0 heterocycles. The van der Waals surface area contributed by atoms with E-state index in [0.29, 0.717) is 6.42 Å². The molecular formula is C11H12BrNO2. The fourth-order valence-corrected chi connectivity index (χ4v) is 2.10. The summed E-state index contributed by atoms with van der Waals surface area (Å²) in [6, 6.07) is 7.58. The molecule has 0 amide bonds. The smallest absolute Gasteiger partial charge is 0.211 e. The van der Waals surface area contributed by atoms with E-state index in [-0.39, 0.29) is 17.4 Å². The van der Waals surface area contributed by atoms with Crippen LogP contribution in [0.25, 0.3) is 0 Å². The lowest BCUT2D eigenvalue weighted by Crippen LogP contribution is -2.12. The zero-order valence-corrected chi connectivity index (χ0v) is 9.81. The predicted molar refractivity (Wildman–Crippen MR) is 63.6 cm³/mol. The van der Waals surface area contributed by atoms with Crippen LogP contribution in [0, 0.1) is 10.1 Å². The Labute approximate surface area is 97.1 Å². The van der Waals surface area contributed by atoms with E-state index in [2.05, 4.69) is 22.5 Å². The molecule has 1 aromatic rings. The lowest BCUT2D eigenvalue weighted by atomic mass is 9.96. The van der Waals surface area contributed by atoms with Gasteiger partial charge in [0, 0.05) is 9.40 Å². The van der Waals surface area contributed by atoms with Crippen molar-refractivity contribution in [3.8, 4) is 0 Å². The average molecular weight is 270 g/mol. The fraction of sp³-hybridized carbons (Fsp3) is 0.273. The largest absolute Gasteiger partial charge is 0.265 e. The van der Waals surface area contributed by atoms with Gasteiger partial charge in [-0.15, -0.1) is 6.58 Å². The first kappa shape index (κ1) is 11.9. The van der Waals surface area contributed by atoms with Crippen LogP contribution < -0.4 is 0 Å². The Morgan fingerprint density at radius 1 is 1.53 bits per heavy atom. The van der Waals surface area contributed by atoms with Crippen molar-refractivity contribution in [2.75, 3.05) is 6.54 Å². The molecule has 0 saturated carbocycles. The lowest BCUT2D eigenvalue weighted by Gasteiger charge is -2.12. The molecular weight excluding hydrogens is 258 g/mol. The van der Waals surface area contributed by atoms with Gasteiger partial charge in [0.15, 0.2) is 0 Å². The second-order valence-electron chi connectivity index (χ2n) is 3.26. The van der Waals surface area contributed by atoms with E-state index >= 15 is 0 Å². The van der Waals surface area contributed by atoms with Crippen LogP contribution in [0.1, 0.15) is 17.9 Å². The van der Waals surface area contributed by atoms with Crippen LogP contribution in [0.4, 0.5) is 0 Å². The van der Waals surface area contributed by atoms with Crippen molar-refractivity contribution in [3.05, 3.63) is 57.1 Å². The van der Waals surface area contributed by atoms with E-state index in [9.17, 15) is 10.1 Å². The van der Waals surface area contributed by atoms with Crippen LogP contribution in [0.2, 0.25) is 0 Å². The number of hydrogen-bond acceptors (Lipinski definition) is 2. The minimum absolute atomic E-state index is 0.0609. The summed E-state index contributed by atoms with van der Waals surface area (Å²) in [5.41, 5.74) is 0.967. The zero-order valence-electron chi connectivity index (χ0n) is 8.23. The summed E-state index contributed by atoms with van der Waals surface area (Å²) in [4.78, 5) is 10.2. The van der Waals surface area contributed by atoms with Crippen LogP contribution in [-0.2, 0) is 0 Å². The van der Waals surface area contributed by atoms with Gasteiger partial charge < -0.3 is 0 Å². The summed E-state index contributed by atoms with van der Waals surface area (Å²) in [5, 5.41) is 10.5. The number of halogens is 1. The first-order valence-corrected chi connectivity index (χ1v) is 5.41. The highest BCUT2D eigenvalue weighted by Gasteiger charge is 2.18. The summed E-state index contributed by atoms with van der Waals surface area (Å²) in [6.07, 6.45) is 2.33. The van der Waals surface area contributed by atoms with Crippen molar-refractivity contribution in [2.24, 2.45) is 0 Å². The molecule has 1 rings (SSSR count). The molecule has 0 aliphatic carbocycles. The Morgan fingerprint density at radius 2 is 2.20 bits per heavy atom. The summed E-state index contributed by atoms with van der Waals surface area (Å²) in [5.74, 6) is -0.104. The summed E-state index contributed by atoms with van der Waals surface area (Å²) in [7, 11) is 0. The van der Waals surface area contributed by atoms with Crippen LogP contribution in [0.3, 0.4) is 0 Å². The molecule has 0 spiro atoms. The second-order valence-corrected chi connectivity index (χ2v) is 4.11. The Morgan fingerprint density at radius 3 is 2.73 bits per heavy atom. The minimum atomic E-state index is -0.284. The molecule has 1 atom stereocenters. The number of rotatable bonds is 5. The van der Waals surface area contributed by atoms with Gasteiger partial charge in [-0.3, -0.25) is 10.1 Å². The van der Waals surface area contributed by atoms with Crippen molar-refractivity contribution >= 4 is 15.9 Å². The summed E-state index contributed by atoms with van der Waals surface area (Å²) >= 11 is 3.40. The molecule has 80 valence electrons. The Kier molecular flexibility index (Phi) is 4.49. The molecule has 0 fully saturated rings. The van der Waals surface area contributed by atoms with Gasteiger partial charge in [-0.1, -0.05) is 40.2 Å². The molecule has 0 aromatic heterocycles. The molecule has 0 bridgehead atoms. The first-order chi connectivity index (χ1) is 7.15. The molecule has 1 unspecified atom stereocenters. The zero-order chi connectivity index (χ0) is 11.3. The van der Waals surface area contributed by atoms with E-state index in [4.69, 9.17) is 0 Å². The maximum Gasteiger partial charge on any atom is 0.211 e. The number of allylic oxidation sites excluding steroid dienone is 1. The van der Waals surface area contributed by atoms with Crippen molar-refractivity contribution in [1.29, 1.82) is 0 Å². The van der Waals surface area contributed by atoms with Crippen LogP contribution >= 0.6 is 15.9 Å². The fourth-order valence-electron chi connectivity index (χ4n) is 1.49. The highest BCUT2D eigenvalue weighted by molar-refractivity contribution is 9.10. The lowest BCUT2D eigenvalue weighted by molar-refractivity contribution is -0.483. The van der Waals surface area contributed by atoms with Crippen molar-refractivity contribution in [1.82, 2.24) is 0 Å². The van der Waals surface area contributed by atoms with Crippen molar-refractivity contribution in [3.63, 3.8) is 0 Å². The normalized spacial score (nSPS) is 12.1. The molecule has 15 heavy (non-hydrogen) atoms. The van der Waals surface area contributed by atoms with E-state index in [0.717, 1.165) is 10.0 Å². The molecule has 4 heteroatoms. The molecule has 0 aliphatic heterocycles. The van der Waals surface area contributed by atoms with Crippen LogP contribution in [0.5, 0.6) is 0 Å². The van der Waals surface area contributed by atoms with Crippen molar-refractivity contribution < 1.29 is 4.92 Å². The van der Waals surface area contributed by atoms with Gasteiger partial charge in [-0.2, -0.15) is 0 Å². The quantitative estimate of drug-likeness (QED) is 0.467. The SMILES string of the molecule is C=CCC(C[N+](=O)[O-])c1ccccc1Br. The van der Waals surface area contributed by atoms with Gasteiger partial charge in [0.1, 0.15) is 0 Å². The highest BCUT2D eigenvalue weighted by Crippen LogP contribution is 2.27. The van der Waals surface area contributed by atoms with E-state index in [1.807, 2.05) is 24.3 Å². The first-order valence-electron chi connectivity index (χ1n) is 4.62. The molecule has 3 nitrogen and oxygen atoms in total. The molecule has 1 aromatic carbocycles. The topological polar surface area (TPSA) is 43.1 Å². The Balaban J connectivity index is 2.92. The third kappa shape index (κ3) is 3.47. The number of nitrogens with zero attached hydrogens (tertiary/aromatic N) is 1. The van der Waals surface area contributed by atoms with E-state index in [1.165, 1.54) is 0 Å². The summed E-state index contributed by atoms with van der Waals surface area (Å²) < 4.78 is 0.915. The van der Waals surface area contributed by atoms with Gasteiger partial charge >= 0.3 is 0 Å². The molecule has 0 saturated heterocycles. The number of nitro groups is 1. The van der Waals surface area contributed by atoms with Gasteiger partial charge in [-0.05, 0) is 18.1 Å². The highest BCUT2D eigenvalue weighted by atomic mass is 79.9. The van der Waals surface area contributed by atoms with E-state index in [1.54, 1.807) is 6.08 Å². The van der Waals surface area contributed by atoms with Gasteiger partial charge in [0.25, 0.3) is 0 Å². The minimum Gasteiger partial charge on any atom is -0.265 e. The molecule has 0 N–H and O–H groups in total. The van der Waals surface area contributed by atoms with Crippen molar-refractivity contribution in [2.45, 2.75) is 12.3 Å². The third-order valence-corrected chi connectivity index (χ3v) is 2.89. The number of hydrogen-bond donors (Lipinski definition) is 0. The predicted octanol–water partition coefficient (Wildman–Crippen LogP) is 3.39. The van der Waals surface area contributed by atoms with E-state index < -0.39 is 0 Å². The average Bonchev–Trinajstić information content (AvgIpc) is 2.17. The second kappa shape index (κ2) is 5.66.